The van der Waals surface area contributed by atoms with Crippen molar-refractivity contribution in [2.75, 3.05) is 25.0 Å². The van der Waals surface area contributed by atoms with Crippen molar-refractivity contribution >= 4 is 11.6 Å². The Labute approximate surface area is 117 Å². The number of anilines is 1. The standard InChI is InChI=1S/C16H26N2O/c1-5-11-18(6-2)12-10-15(19)17-16-13(3)8-7-9-14(16)4/h7-9H,5-6,10-12H2,1-4H3,(H,17,19). The summed E-state index contributed by atoms with van der Waals surface area (Å²) in [5, 5.41) is 3.03. The van der Waals surface area contributed by atoms with Crippen molar-refractivity contribution in [2.45, 2.75) is 40.5 Å². The Morgan fingerprint density at radius 1 is 1.16 bits per heavy atom. The molecule has 0 unspecified atom stereocenters. The van der Waals surface area contributed by atoms with Crippen LogP contribution in [0.25, 0.3) is 0 Å². The van der Waals surface area contributed by atoms with Gasteiger partial charge in [-0.15, -0.1) is 0 Å². The zero-order valence-corrected chi connectivity index (χ0v) is 12.6. The van der Waals surface area contributed by atoms with Gasteiger partial charge in [-0.1, -0.05) is 32.0 Å². The Morgan fingerprint density at radius 3 is 2.32 bits per heavy atom. The molecule has 0 saturated heterocycles. The first-order valence-electron chi connectivity index (χ1n) is 7.16. The number of benzene rings is 1. The fraction of sp³-hybridized carbons (Fsp3) is 0.562. The van der Waals surface area contributed by atoms with Gasteiger partial charge in [-0.05, 0) is 44.5 Å². The molecular formula is C16H26N2O. The highest BCUT2D eigenvalue weighted by Crippen LogP contribution is 2.19. The predicted octanol–water partition coefficient (Wildman–Crippen LogP) is 3.36. The van der Waals surface area contributed by atoms with E-state index < -0.39 is 0 Å². The summed E-state index contributed by atoms with van der Waals surface area (Å²) in [7, 11) is 0. The number of carbonyl (C=O) groups excluding carboxylic acids is 1. The van der Waals surface area contributed by atoms with Crippen molar-refractivity contribution in [3.63, 3.8) is 0 Å². The van der Waals surface area contributed by atoms with E-state index in [4.69, 9.17) is 0 Å². The second-order valence-corrected chi connectivity index (χ2v) is 5.00. The van der Waals surface area contributed by atoms with E-state index in [2.05, 4.69) is 24.1 Å². The molecule has 1 aromatic rings. The Morgan fingerprint density at radius 2 is 1.79 bits per heavy atom. The van der Waals surface area contributed by atoms with Crippen LogP contribution in [-0.2, 0) is 4.79 Å². The fourth-order valence-corrected chi connectivity index (χ4v) is 2.22. The molecule has 0 radical (unpaired) electrons. The molecule has 0 aromatic heterocycles. The first-order valence-corrected chi connectivity index (χ1v) is 7.16. The molecule has 19 heavy (non-hydrogen) atoms. The zero-order valence-electron chi connectivity index (χ0n) is 12.6. The highest BCUT2D eigenvalue weighted by Gasteiger charge is 2.09. The summed E-state index contributed by atoms with van der Waals surface area (Å²) in [6.07, 6.45) is 1.69. The Hall–Kier alpha value is -1.35. The number of carbonyl (C=O) groups is 1. The maximum Gasteiger partial charge on any atom is 0.225 e. The van der Waals surface area contributed by atoms with E-state index in [1.165, 1.54) is 0 Å². The molecule has 106 valence electrons. The first-order chi connectivity index (χ1) is 9.08. The number of para-hydroxylation sites is 1. The maximum atomic E-state index is 12.0. The number of amides is 1. The van der Waals surface area contributed by atoms with E-state index in [0.717, 1.165) is 42.9 Å². The highest BCUT2D eigenvalue weighted by atomic mass is 16.1. The third-order valence-electron chi connectivity index (χ3n) is 3.39. The van der Waals surface area contributed by atoms with Crippen molar-refractivity contribution in [2.24, 2.45) is 0 Å². The van der Waals surface area contributed by atoms with Gasteiger partial charge in [0, 0.05) is 18.7 Å². The van der Waals surface area contributed by atoms with Crippen LogP contribution >= 0.6 is 0 Å². The maximum absolute atomic E-state index is 12.0. The normalized spacial score (nSPS) is 10.8. The van der Waals surface area contributed by atoms with Crippen molar-refractivity contribution < 1.29 is 4.79 Å². The molecule has 0 saturated carbocycles. The smallest absolute Gasteiger partial charge is 0.225 e. The molecule has 0 aliphatic carbocycles. The molecule has 0 bridgehead atoms. The highest BCUT2D eigenvalue weighted by molar-refractivity contribution is 5.92. The van der Waals surface area contributed by atoms with Gasteiger partial charge in [-0.2, -0.15) is 0 Å². The minimum Gasteiger partial charge on any atom is -0.326 e. The third kappa shape index (κ3) is 5.03. The molecular weight excluding hydrogens is 236 g/mol. The SMILES string of the molecule is CCCN(CC)CCC(=O)Nc1c(C)cccc1C. The van der Waals surface area contributed by atoms with Crippen LogP contribution in [0.2, 0.25) is 0 Å². The Kier molecular flexibility index (Phi) is 6.57. The average molecular weight is 262 g/mol. The largest absolute Gasteiger partial charge is 0.326 e. The third-order valence-corrected chi connectivity index (χ3v) is 3.39. The molecule has 3 nitrogen and oxygen atoms in total. The lowest BCUT2D eigenvalue weighted by atomic mass is 10.1. The Bertz CT molecular complexity index is 395. The molecule has 1 amide bonds. The summed E-state index contributed by atoms with van der Waals surface area (Å²) in [6.45, 7) is 11.3. The average Bonchev–Trinajstić information content (AvgIpc) is 2.39. The van der Waals surface area contributed by atoms with Crippen LogP contribution in [0.4, 0.5) is 5.69 Å². The summed E-state index contributed by atoms with van der Waals surface area (Å²) in [6, 6.07) is 6.07. The van der Waals surface area contributed by atoms with Gasteiger partial charge in [0.25, 0.3) is 0 Å². The zero-order chi connectivity index (χ0) is 14.3. The van der Waals surface area contributed by atoms with Crippen LogP contribution in [0.3, 0.4) is 0 Å². The van der Waals surface area contributed by atoms with E-state index in [-0.39, 0.29) is 5.91 Å². The summed E-state index contributed by atoms with van der Waals surface area (Å²) in [5.74, 6) is 0.104. The predicted molar refractivity (Wildman–Crippen MR) is 81.6 cm³/mol. The second-order valence-electron chi connectivity index (χ2n) is 5.00. The topological polar surface area (TPSA) is 32.3 Å². The lowest BCUT2D eigenvalue weighted by molar-refractivity contribution is -0.116. The van der Waals surface area contributed by atoms with Crippen LogP contribution < -0.4 is 5.32 Å². The molecule has 1 N–H and O–H groups in total. The van der Waals surface area contributed by atoms with Crippen LogP contribution in [-0.4, -0.2) is 30.4 Å². The molecule has 1 aromatic carbocycles. The fourth-order valence-electron chi connectivity index (χ4n) is 2.22. The minimum absolute atomic E-state index is 0.104. The monoisotopic (exact) mass is 262 g/mol. The molecule has 1 rings (SSSR count). The van der Waals surface area contributed by atoms with Gasteiger partial charge in [-0.25, -0.2) is 0 Å². The van der Waals surface area contributed by atoms with E-state index in [1.54, 1.807) is 0 Å². The molecule has 0 heterocycles. The summed E-state index contributed by atoms with van der Waals surface area (Å²) in [4.78, 5) is 14.3. The Balaban J connectivity index is 2.51. The van der Waals surface area contributed by atoms with E-state index in [1.807, 2.05) is 32.0 Å². The number of hydrogen-bond acceptors (Lipinski definition) is 2. The van der Waals surface area contributed by atoms with Crippen molar-refractivity contribution in [3.8, 4) is 0 Å². The van der Waals surface area contributed by atoms with Crippen molar-refractivity contribution in [1.29, 1.82) is 0 Å². The minimum atomic E-state index is 0.104. The lowest BCUT2D eigenvalue weighted by Gasteiger charge is -2.19. The van der Waals surface area contributed by atoms with Crippen LogP contribution in [0.15, 0.2) is 18.2 Å². The number of aryl methyl sites for hydroxylation is 2. The summed E-state index contributed by atoms with van der Waals surface area (Å²) >= 11 is 0. The molecule has 0 aliphatic heterocycles. The van der Waals surface area contributed by atoms with Crippen molar-refractivity contribution in [3.05, 3.63) is 29.3 Å². The van der Waals surface area contributed by atoms with E-state index in [0.29, 0.717) is 6.42 Å². The first kappa shape index (κ1) is 15.7. The number of nitrogens with one attached hydrogen (secondary N) is 1. The van der Waals surface area contributed by atoms with Crippen molar-refractivity contribution in [1.82, 2.24) is 4.90 Å². The van der Waals surface area contributed by atoms with Gasteiger partial charge >= 0.3 is 0 Å². The van der Waals surface area contributed by atoms with Gasteiger partial charge in [0.15, 0.2) is 0 Å². The number of nitrogens with zero attached hydrogens (tertiary/aromatic N) is 1. The quantitative estimate of drug-likeness (QED) is 0.817. The summed E-state index contributed by atoms with van der Waals surface area (Å²) in [5.41, 5.74) is 3.20. The van der Waals surface area contributed by atoms with E-state index >= 15 is 0 Å². The van der Waals surface area contributed by atoms with E-state index in [9.17, 15) is 4.79 Å². The van der Waals surface area contributed by atoms with Gasteiger partial charge in [-0.3, -0.25) is 4.79 Å². The second kappa shape index (κ2) is 7.95. The van der Waals surface area contributed by atoms with Crippen LogP contribution in [0, 0.1) is 13.8 Å². The number of rotatable bonds is 7. The molecule has 0 fully saturated rings. The van der Waals surface area contributed by atoms with Gasteiger partial charge < -0.3 is 10.2 Å². The number of hydrogen-bond donors (Lipinski definition) is 1. The molecule has 3 heteroatoms. The van der Waals surface area contributed by atoms with Gasteiger partial charge in [0.2, 0.25) is 5.91 Å². The van der Waals surface area contributed by atoms with Crippen LogP contribution in [0.1, 0.15) is 37.8 Å². The van der Waals surface area contributed by atoms with Gasteiger partial charge in [0.05, 0.1) is 0 Å². The molecule has 0 aliphatic rings. The molecule has 0 atom stereocenters. The van der Waals surface area contributed by atoms with Crippen LogP contribution in [0.5, 0.6) is 0 Å². The lowest BCUT2D eigenvalue weighted by Crippen LogP contribution is -2.28. The molecule has 0 spiro atoms. The van der Waals surface area contributed by atoms with Gasteiger partial charge in [0.1, 0.15) is 0 Å². The summed E-state index contributed by atoms with van der Waals surface area (Å²) < 4.78 is 0.